The van der Waals surface area contributed by atoms with Gasteiger partial charge >= 0.3 is 0 Å². The predicted octanol–water partition coefficient (Wildman–Crippen LogP) is 0.227. The molecule has 0 amide bonds. The van der Waals surface area contributed by atoms with Crippen molar-refractivity contribution >= 4 is 10.2 Å². The van der Waals surface area contributed by atoms with Crippen LogP contribution in [0.5, 0.6) is 0 Å². The van der Waals surface area contributed by atoms with Crippen molar-refractivity contribution in [3.8, 4) is 0 Å². The van der Waals surface area contributed by atoms with E-state index in [1.165, 1.54) is 0 Å². The Kier molecular flexibility index (Phi) is 7.08. The largest absolute Gasteiger partial charge is 0.393 e. The standard InChI is InChI=1S/C9H22N2O3S/c1-8(2)7-11-15(13,14)10-6-4-5-9(3)12/h8-12H,4-7H2,1-3H3. The monoisotopic (exact) mass is 238 g/mol. The summed E-state index contributed by atoms with van der Waals surface area (Å²) in [6.07, 6.45) is 0.866. The molecule has 3 N–H and O–H groups in total. The van der Waals surface area contributed by atoms with Gasteiger partial charge in [0.15, 0.2) is 0 Å². The third-order valence-corrected chi connectivity index (χ3v) is 2.90. The number of hydrogen-bond donors (Lipinski definition) is 3. The molecule has 0 heterocycles. The Morgan fingerprint density at radius 2 is 1.80 bits per heavy atom. The van der Waals surface area contributed by atoms with Crippen LogP contribution >= 0.6 is 0 Å². The third kappa shape index (κ3) is 10.1. The summed E-state index contributed by atoms with van der Waals surface area (Å²) in [4.78, 5) is 0. The Labute approximate surface area is 92.4 Å². The van der Waals surface area contributed by atoms with Gasteiger partial charge in [0, 0.05) is 13.1 Å². The maximum Gasteiger partial charge on any atom is 0.276 e. The molecule has 6 heteroatoms. The molecule has 0 radical (unpaired) electrons. The Bertz CT molecular complexity index is 250. The van der Waals surface area contributed by atoms with Crippen molar-refractivity contribution in [2.24, 2.45) is 5.92 Å². The first-order valence-electron chi connectivity index (χ1n) is 5.26. The quantitative estimate of drug-likeness (QED) is 0.530. The van der Waals surface area contributed by atoms with E-state index in [2.05, 4.69) is 9.44 Å². The Hall–Kier alpha value is -0.170. The first kappa shape index (κ1) is 14.8. The minimum atomic E-state index is -3.36. The van der Waals surface area contributed by atoms with Gasteiger partial charge in [-0.05, 0) is 25.7 Å². The van der Waals surface area contributed by atoms with Gasteiger partial charge in [0.2, 0.25) is 0 Å². The van der Waals surface area contributed by atoms with Crippen molar-refractivity contribution in [2.45, 2.75) is 39.7 Å². The first-order valence-corrected chi connectivity index (χ1v) is 6.74. The average molecular weight is 238 g/mol. The minimum absolute atomic E-state index is 0.291. The highest BCUT2D eigenvalue weighted by molar-refractivity contribution is 7.87. The molecular weight excluding hydrogens is 216 g/mol. The van der Waals surface area contributed by atoms with Crippen LogP contribution in [0.2, 0.25) is 0 Å². The Morgan fingerprint density at radius 3 is 2.27 bits per heavy atom. The van der Waals surface area contributed by atoms with Gasteiger partial charge in [-0.3, -0.25) is 0 Å². The van der Waals surface area contributed by atoms with Crippen LogP contribution in [0.3, 0.4) is 0 Å². The van der Waals surface area contributed by atoms with Crippen molar-refractivity contribution in [1.82, 2.24) is 9.44 Å². The van der Waals surface area contributed by atoms with Crippen LogP contribution < -0.4 is 9.44 Å². The fraction of sp³-hybridized carbons (Fsp3) is 1.00. The van der Waals surface area contributed by atoms with Crippen molar-refractivity contribution in [3.63, 3.8) is 0 Å². The van der Waals surface area contributed by atoms with Crippen molar-refractivity contribution < 1.29 is 13.5 Å². The van der Waals surface area contributed by atoms with Crippen molar-refractivity contribution in [2.75, 3.05) is 13.1 Å². The lowest BCUT2D eigenvalue weighted by atomic mass is 10.2. The Morgan fingerprint density at radius 1 is 1.20 bits per heavy atom. The minimum Gasteiger partial charge on any atom is -0.393 e. The zero-order valence-corrected chi connectivity index (χ0v) is 10.5. The molecule has 0 aromatic rings. The summed E-state index contributed by atoms with van der Waals surface area (Å²) in [6.45, 7) is 6.36. The normalized spacial score (nSPS) is 14.5. The van der Waals surface area contributed by atoms with Gasteiger partial charge in [0.1, 0.15) is 0 Å². The molecule has 0 fully saturated rings. The van der Waals surface area contributed by atoms with Gasteiger partial charge in [-0.25, -0.2) is 9.44 Å². The highest BCUT2D eigenvalue weighted by atomic mass is 32.2. The van der Waals surface area contributed by atoms with E-state index in [4.69, 9.17) is 5.11 Å². The summed E-state index contributed by atoms with van der Waals surface area (Å²) < 4.78 is 27.5. The van der Waals surface area contributed by atoms with Crippen LogP contribution in [0.4, 0.5) is 0 Å². The lowest BCUT2D eigenvalue weighted by Crippen LogP contribution is -2.38. The number of rotatable bonds is 8. The molecule has 0 aliphatic carbocycles. The molecule has 0 aliphatic rings. The van der Waals surface area contributed by atoms with Gasteiger partial charge in [-0.2, -0.15) is 8.42 Å². The molecule has 0 saturated carbocycles. The second-order valence-corrected chi connectivity index (χ2v) is 5.72. The van der Waals surface area contributed by atoms with E-state index < -0.39 is 10.2 Å². The molecule has 0 aromatic carbocycles. The molecule has 0 aromatic heterocycles. The van der Waals surface area contributed by atoms with Gasteiger partial charge in [-0.1, -0.05) is 13.8 Å². The number of nitrogens with one attached hydrogen (secondary N) is 2. The zero-order valence-electron chi connectivity index (χ0n) is 9.66. The number of aliphatic hydroxyl groups excluding tert-OH is 1. The van der Waals surface area contributed by atoms with Gasteiger partial charge in [0.25, 0.3) is 10.2 Å². The molecule has 0 aliphatic heterocycles. The van der Waals surface area contributed by atoms with Crippen LogP contribution in [-0.2, 0) is 10.2 Å². The van der Waals surface area contributed by atoms with E-state index in [-0.39, 0.29) is 6.10 Å². The molecular formula is C9H22N2O3S. The summed E-state index contributed by atoms with van der Waals surface area (Å²) in [6, 6.07) is 0. The Balaban J connectivity index is 3.66. The molecule has 1 atom stereocenters. The lowest BCUT2D eigenvalue weighted by molar-refractivity contribution is 0.182. The first-order chi connectivity index (χ1) is 6.83. The fourth-order valence-corrected chi connectivity index (χ4v) is 2.00. The highest BCUT2D eigenvalue weighted by Crippen LogP contribution is 1.94. The lowest BCUT2D eigenvalue weighted by Gasteiger charge is -2.10. The van der Waals surface area contributed by atoms with Crippen molar-refractivity contribution in [3.05, 3.63) is 0 Å². The van der Waals surface area contributed by atoms with E-state index >= 15 is 0 Å². The molecule has 1 unspecified atom stereocenters. The highest BCUT2D eigenvalue weighted by Gasteiger charge is 2.08. The molecule has 5 nitrogen and oxygen atoms in total. The van der Waals surface area contributed by atoms with Crippen LogP contribution in [0.15, 0.2) is 0 Å². The summed E-state index contributed by atoms with van der Waals surface area (Å²) in [5.41, 5.74) is 0. The van der Waals surface area contributed by atoms with Crippen molar-refractivity contribution in [1.29, 1.82) is 0 Å². The number of hydrogen-bond acceptors (Lipinski definition) is 3. The zero-order chi connectivity index (χ0) is 11.9. The summed E-state index contributed by atoms with van der Waals surface area (Å²) >= 11 is 0. The topological polar surface area (TPSA) is 78.4 Å². The molecule has 92 valence electrons. The van der Waals surface area contributed by atoms with E-state index in [0.29, 0.717) is 31.8 Å². The number of aliphatic hydroxyl groups is 1. The van der Waals surface area contributed by atoms with Crippen LogP contribution in [-0.4, -0.2) is 32.7 Å². The summed E-state index contributed by atoms with van der Waals surface area (Å²) in [5, 5.41) is 8.97. The van der Waals surface area contributed by atoms with Crippen LogP contribution in [0.25, 0.3) is 0 Å². The van der Waals surface area contributed by atoms with Gasteiger partial charge < -0.3 is 5.11 Å². The van der Waals surface area contributed by atoms with Crippen LogP contribution in [0, 0.1) is 5.92 Å². The van der Waals surface area contributed by atoms with E-state index in [9.17, 15) is 8.42 Å². The maximum absolute atomic E-state index is 11.3. The van der Waals surface area contributed by atoms with E-state index in [1.807, 2.05) is 13.8 Å². The predicted molar refractivity (Wildman–Crippen MR) is 60.7 cm³/mol. The maximum atomic E-state index is 11.3. The summed E-state index contributed by atoms with van der Waals surface area (Å²) in [7, 11) is -3.36. The van der Waals surface area contributed by atoms with E-state index in [1.54, 1.807) is 6.92 Å². The smallest absolute Gasteiger partial charge is 0.276 e. The summed E-state index contributed by atoms with van der Waals surface area (Å²) in [5.74, 6) is 0.291. The fourth-order valence-electron chi connectivity index (χ4n) is 0.931. The second kappa shape index (κ2) is 7.16. The van der Waals surface area contributed by atoms with Gasteiger partial charge in [0.05, 0.1) is 6.10 Å². The van der Waals surface area contributed by atoms with Crippen LogP contribution in [0.1, 0.15) is 33.6 Å². The molecule has 0 saturated heterocycles. The van der Waals surface area contributed by atoms with Gasteiger partial charge in [-0.15, -0.1) is 0 Å². The molecule has 0 rings (SSSR count). The molecule has 15 heavy (non-hydrogen) atoms. The second-order valence-electron chi connectivity index (χ2n) is 4.13. The van der Waals surface area contributed by atoms with E-state index in [0.717, 1.165) is 0 Å². The average Bonchev–Trinajstić information content (AvgIpc) is 2.09. The third-order valence-electron chi connectivity index (χ3n) is 1.77. The molecule has 0 bridgehead atoms. The molecule has 0 spiro atoms. The SMILES string of the molecule is CC(C)CNS(=O)(=O)NCCCC(C)O.